The number of likely N-dealkylation sites (N-methyl/N-ethyl adjacent to an activating group) is 1. The molecule has 0 saturated heterocycles. The summed E-state index contributed by atoms with van der Waals surface area (Å²) in [5.41, 5.74) is 1.19. The number of aromatic nitrogens is 1. The minimum Gasteiger partial charge on any atom is -0.316 e. The standard InChI is InChI=1S/C13H24N2S2/c1-9(2)7-16-8-12(14-5)6-13-15-10(3)11(4)17-13/h9,12,14H,6-8H2,1-5H3. The second kappa shape index (κ2) is 7.39. The van der Waals surface area contributed by atoms with Crippen LogP contribution in [-0.2, 0) is 6.42 Å². The van der Waals surface area contributed by atoms with Crippen LogP contribution in [0.2, 0.25) is 0 Å². The van der Waals surface area contributed by atoms with E-state index in [1.807, 2.05) is 30.1 Å². The lowest BCUT2D eigenvalue weighted by atomic mass is 10.2. The van der Waals surface area contributed by atoms with Gasteiger partial charge in [-0.05, 0) is 32.6 Å². The summed E-state index contributed by atoms with van der Waals surface area (Å²) in [6.07, 6.45) is 1.06. The summed E-state index contributed by atoms with van der Waals surface area (Å²) in [7, 11) is 2.05. The van der Waals surface area contributed by atoms with Gasteiger partial charge in [-0.15, -0.1) is 11.3 Å². The van der Waals surface area contributed by atoms with E-state index < -0.39 is 0 Å². The Kier molecular flexibility index (Phi) is 6.52. The number of hydrogen-bond acceptors (Lipinski definition) is 4. The van der Waals surface area contributed by atoms with Gasteiger partial charge in [0.2, 0.25) is 0 Å². The maximum atomic E-state index is 4.61. The second-order valence-electron chi connectivity index (χ2n) is 4.87. The summed E-state index contributed by atoms with van der Waals surface area (Å²) in [4.78, 5) is 5.96. The van der Waals surface area contributed by atoms with Crippen LogP contribution in [0.1, 0.15) is 29.4 Å². The smallest absolute Gasteiger partial charge is 0.0946 e. The molecule has 0 aromatic carbocycles. The molecule has 1 heterocycles. The maximum absolute atomic E-state index is 4.61. The first-order valence-corrected chi connectivity index (χ1v) is 8.18. The third kappa shape index (κ3) is 5.40. The minimum absolute atomic E-state index is 0.545. The van der Waals surface area contributed by atoms with Gasteiger partial charge in [0.15, 0.2) is 0 Å². The zero-order chi connectivity index (χ0) is 12.8. The van der Waals surface area contributed by atoms with Crippen molar-refractivity contribution in [2.24, 2.45) is 5.92 Å². The van der Waals surface area contributed by atoms with Crippen molar-refractivity contribution in [1.82, 2.24) is 10.3 Å². The average molecular weight is 272 g/mol. The monoisotopic (exact) mass is 272 g/mol. The molecule has 98 valence electrons. The fourth-order valence-corrected chi connectivity index (χ4v) is 3.72. The molecule has 1 aromatic heterocycles. The summed E-state index contributed by atoms with van der Waals surface area (Å²) in [6, 6.07) is 0.545. The number of nitrogens with zero attached hydrogens (tertiary/aromatic N) is 1. The molecule has 1 unspecified atom stereocenters. The van der Waals surface area contributed by atoms with Gasteiger partial charge in [0.05, 0.1) is 10.7 Å². The molecule has 2 nitrogen and oxygen atoms in total. The Hall–Kier alpha value is -0.0600. The van der Waals surface area contributed by atoms with Gasteiger partial charge in [0, 0.05) is 23.1 Å². The predicted molar refractivity (Wildman–Crippen MR) is 80.3 cm³/mol. The normalized spacial score (nSPS) is 13.3. The van der Waals surface area contributed by atoms with E-state index in [1.54, 1.807) is 0 Å². The Labute approximate surface area is 114 Å². The van der Waals surface area contributed by atoms with E-state index in [4.69, 9.17) is 0 Å². The van der Waals surface area contributed by atoms with Crippen molar-refractivity contribution in [3.05, 3.63) is 15.6 Å². The van der Waals surface area contributed by atoms with Gasteiger partial charge in [-0.1, -0.05) is 13.8 Å². The molecular formula is C13H24N2S2. The lowest BCUT2D eigenvalue weighted by Gasteiger charge is -2.15. The van der Waals surface area contributed by atoms with Crippen LogP contribution < -0.4 is 5.32 Å². The maximum Gasteiger partial charge on any atom is 0.0946 e. The first-order chi connectivity index (χ1) is 8.02. The number of thioether (sulfide) groups is 1. The highest BCUT2D eigenvalue weighted by Gasteiger charge is 2.11. The van der Waals surface area contributed by atoms with Gasteiger partial charge in [-0.2, -0.15) is 11.8 Å². The highest BCUT2D eigenvalue weighted by molar-refractivity contribution is 7.99. The summed E-state index contributed by atoms with van der Waals surface area (Å²) in [5, 5.41) is 4.67. The fourth-order valence-electron chi connectivity index (χ4n) is 1.53. The van der Waals surface area contributed by atoms with Gasteiger partial charge in [-0.3, -0.25) is 0 Å². The number of hydrogen-bond donors (Lipinski definition) is 1. The lowest BCUT2D eigenvalue weighted by Crippen LogP contribution is -2.30. The Bertz CT molecular complexity index is 315. The van der Waals surface area contributed by atoms with E-state index in [-0.39, 0.29) is 0 Å². The second-order valence-corrected chi connectivity index (χ2v) is 7.23. The third-order valence-corrected chi connectivity index (χ3v) is 5.31. The Morgan fingerprint density at radius 1 is 1.29 bits per heavy atom. The van der Waals surface area contributed by atoms with Crippen LogP contribution in [0.4, 0.5) is 0 Å². The fraction of sp³-hybridized carbons (Fsp3) is 0.769. The van der Waals surface area contributed by atoms with Crippen LogP contribution in [0.3, 0.4) is 0 Å². The molecule has 1 aromatic rings. The molecule has 0 spiro atoms. The molecule has 0 aliphatic carbocycles. The van der Waals surface area contributed by atoms with Crippen LogP contribution in [-0.4, -0.2) is 29.6 Å². The van der Waals surface area contributed by atoms with Crippen LogP contribution >= 0.6 is 23.1 Å². The summed E-state index contributed by atoms with van der Waals surface area (Å²) in [6.45, 7) is 8.79. The third-order valence-electron chi connectivity index (χ3n) is 2.67. The molecule has 0 aliphatic heterocycles. The average Bonchev–Trinajstić information content (AvgIpc) is 2.56. The van der Waals surface area contributed by atoms with Crippen molar-refractivity contribution in [3.63, 3.8) is 0 Å². The highest BCUT2D eigenvalue weighted by atomic mass is 32.2. The van der Waals surface area contributed by atoms with Gasteiger partial charge in [0.1, 0.15) is 0 Å². The van der Waals surface area contributed by atoms with Gasteiger partial charge in [0.25, 0.3) is 0 Å². The van der Waals surface area contributed by atoms with Crippen molar-refractivity contribution in [3.8, 4) is 0 Å². The van der Waals surface area contributed by atoms with Crippen molar-refractivity contribution < 1.29 is 0 Å². The summed E-state index contributed by atoms with van der Waals surface area (Å²) in [5.74, 6) is 3.20. The molecular weight excluding hydrogens is 248 g/mol. The van der Waals surface area contributed by atoms with E-state index in [9.17, 15) is 0 Å². The summed E-state index contributed by atoms with van der Waals surface area (Å²) < 4.78 is 0. The largest absolute Gasteiger partial charge is 0.316 e. The van der Waals surface area contributed by atoms with Crippen LogP contribution in [0.25, 0.3) is 0 Å². The molecule has 17 heavy (non-hydrogen) atoms. The van der Waals surface area contributed by atoms with E-state index in [1.165, 1.54) is 27.1 Å². The van der Waals surface area contributed by atoms with E-state index in [2.05, 4.69) is 38.0 Å². The predicted octanol–water partition coefficient (Wildman–Crippen LogP) is 3.28. The van der Waals surface area contributed by atoms with E-state index in [0.717, 1.165) is 12.3 Å². The van der Waals surface area contributed by atoms with Gasteiger partial charge >= 0.3 is 0 Å². The Balaban J connectivity index is 2.41. The first kappa shape index (κ1) is 15.0. The van der Waals surface area contributed by atoms with Crippen LogP contribution in [0.15, 0.2) is 0 Å². The van der Waals surface area contributed by atoms with Crippen molar-refractivity contribution in [1.29, 1.82) is 0 Å². The zero-order valence-electron chi connectivity index (χ0n) is 11.5. The summed E-state index contributed by atoms with van der Waals surface area (Å²) >= 11 is 3.88. The molecule has 0 bridgehead atoms. The zero-order valence-corrected chi connectivity index (χ0v) is 13.2. The lowest BCUT2D eigenvalue weighted by molar-refractivity contribution is 0.613. The van der Waals surface area contributed by atoms with E-state index >= 15 is 0 Å². The molecule has 1 atom stereocenters. The highest BCUT2D eigenvalue weighted by Crippen LogP contribution is 2.19. The molecule has 0 fully saturated rings. The van der Waals surface area contributed by atoms with E-state index in [0.29, 0.717) is 6.04 Å². The van der Waals surface area contributed by atoms with Crippen LogP contribution in [0.5, 0.6) is 0 Å². The number of rotatable bonds is 7. The Morgan fingerprint density at radius 2 is 2.00 bits per heavy atom. The number of aryl methyl sites for hydroxylation is 2. The van der Waals surface area contributed by atoms with Crippen LogP contribution in [0, 0.1) is 19.8 Å². The number of thiazole rings is 1. The molecule has 4 heteroatoms. The molecule has 0 amide bonds. The quantitative estimate of drug-likeness (QED) is 0.824. The topological polar surface area (TPSA) is 24.9 Å². The van der Waals surface area contributed by atoms with Gasteiger partial charge < -0.3 is 5.32 Å². The van der Waals surface area contributed by atoms with Crippen molar-refractivity contribution in [2.75, 3.05) is 18.6 Å². The molecule has 0 radical (unpaired) electrons. The van der Waals surface area contributed by atoms with Gasteiger partial charge in [-0.25, -0.2) is 4.98 Å². The molecule has 0 saturated carbocycles. The molecule has 1 rings (SSSR count). The van der Waals surface area contributed by atoms with Crippen molar-refractivity contribution >= 4 is 23.1 Å². The SMILES string of the molecule is CNC(CSCC(C)C)Cc1nc(C)c(C)s1. The Morgan fingerprint density at radius 3 is 2.47 bits per heavy atom. The molecule has 0 aliphatic rings. The minimum atomic E-state index is 0.545. The first-order valence-electron chi connectivity index (χ1n) is 6.20. The number of nitrogens with one attached hydrogen (secondary N) is 1. The molecule has 1 N–H and O–H groups in total. The van der Waals surface area contributed by atoms with Crippen molar-refractivity contribution in [2.45, 2.75) is 40.2 Å².